The largest absolute Gasteiger partial charge is 0.497 e. The second kappa shape index (κ2) is 6.79. The number of carbonyl (C=O) groups excluding carboxylic acids is 1. The monoisotopic (exact) mass is 285 g/mol. The van der Waals surface area contributed by atoms with Crippen molar-refractivity contribution in [2.24, 2.45) is 0 Å². The first-order valence-corrected chi connectivity index (χ1v) is 6.80. The lowest BCUT2D eigenvalue weighted by Crippen LogP contribution is -2.12. The highest BCUT2D eigenvalue weighted by molar-refractivity contribution is 6.04. The highest BCUT2D eigenvalue weighted by Gasteiger charge is 2.07. The molecule has 2 rings (SSSR count). The van der Waals surface area contributed by atoms with E-state index in [1.807, 2.05) is 32.0 Å². The average Bonchev–Trinajstić information content (AvgIpc) is 2.47. The molecule has 0 aromatic heterocycles. The van der Waals surface area contributed by atoms with Crippen LogP contribution in [0.15, 0.2) is 48.5 Å². The van der Waals surface area contributed by atoms with E-state index in [2.05, 4.69) is 5.32 Å². The molecular weight excluding hydrogens is 266 g/mol. The molecule has 0 aliphatic rings. The lowest BCUT2D eigenvalue weighted by Gasteiger charge is -2.10. The minimum absolute atomic E-state index is 0.112. The Morgan fingerprint density at radius 2 is 1.76 bits per heavy atom. The maximum Gasteiger partial charge on any atom is 0.255 e. The van der Waals surface area contributed by atoms with Crippen LogP contribution in [0, 0.1) is 0 Å². The number of amides is 1. The van der Waals surface area contributed by atoms with Gasteiger partial charge in [-0.25, -0.2) is 0 Å². The second-order valence-corrected chi connectivity index (χ2v) is 4.88. The van der Waals surface area contributed by atoms with E-state index in [4.69, 9.17) is 9.47 Å². The SMILES string of the molecule is COc1cccc(NC(=O)c2ccc(OC(C)C)cc2)c1. The van der Waals surface area contributed by atoms with Crippen LogP contribution < -0.4 is 14.8 Å². The number of benzene rings is 2. The minimum atomic E-state index is -0.167. The van der Waals surface area contributed by atoms with E-state index >= 15 is 0 Å². The lowest BCUT2D eigenvalue weighted by molar-refractivity contribution is 0.102. The lowest BCUT2D eigenvalue weighted by atomic mass is 10.2. The van der Waals surface area contributed by atoms with Crippen LogP contribution in [-0.2, 0) is 0 Å². The van der Waals surface area contributed by atoms with Gasteiger partial charge in [0.15, 0.2) is 0 Å². The average molecular weight is 285 g/mol. The molecule has 2 aromatic carbocycles. The highest BCUT2D eigenvalue weighted by Crippen LogP contribution is 2.18. The smallest absolute Gasteiger partial charge is 0.255 e. The number of nitrogens with one attached hydrogen (secondary N) is 1. The number of carbonyl (C=O) groups is 1. The van der Waals surface area contributed by atoms with Crippen molar-refractivity contribution in [3.8, 4) is 11.5 Å². The van der Waals surface area contributed by atoms with Crippen molar-refractivity contribution in [1.82, 2.24) is 0 Å². The predicted molar refractivity (Wildman–Crippen MR) is 83.2 cm³/mol. The van der Waals surface area contributed by atoms with Gasteiger partial charge in [0.1, 0.15) is 11.5 Å². The maximum atomic E-state index is 12.2. The number of methoxy groups -OCH3 is 1. The van der Waals surface area contributed by atoms with Gasteiger partial charge in [-0.2, -0.15) is 0 Å². The number of hydrogen-bond acceptors (Lipinski definition) is 3. The van der Waals surface area contributed by atoms with Crippen LogP contribution in [-0.4, -0.2) is 19.1 Å². The summed E-state index contributed by atoms with van der Waals surface area (Å²) in [7, 11) is 1.59. The first-order valence-electron chi connectivity index (χ1n) is 6.80. The third kappa shape index (κ3) is 4.24. The summed E-state index contributed by atoms with van der Waals surface area (Å²) in [6.45, 7) is 3.92. The standard InChI is InChI=1S/C17H19NO3/c1-12(2)21-15-9-7-13(8-10-15)17(19)18-14-5-4-6-16(11-14)20-3/h4-12H,1-3H3,(H,18,19). The molecular formula is C17H19NO3. The summed E-state index contributed by atoms with van der Waals surface area (Å²) in [6, 6.07) is 14.3. The predicted octanol–water partition coefficient (Wildman–Crippen LogP) is 3.73. The molecule has 4 heteroatoms. The van der Waals surface area contributed by atoms with Gasteiger partial charge < -0.3 is 14.8 Å². The van der Waals surface area contributed by atoms with E-state index in [0.29, 0.717) is 17.0 Å². The Morgan fingerprint density at radius 1 is 1.05 bits per heavy atom. The van der Waals surface area contributed by atoms with Crippen molar-refractivity contribution < 1.29 is 14.3 Å². The zero-order chi connectivity index (χ0) is 15.2. The first kappa shape index (κ1) is 14.9. The molecule has 0 aliphatic carbocycles. The summed E-state index contributed by atoms with van der Waals surface area (Å²) < 4.78 is 10.7. The van der Waals surface area contributed by atoms with Gasteiger partial charge in [0.2, 0.25) is 0 Å². The molecule has 0 fully saturated rings. The summed E-state index contributed by atoms with van der Waals surface area (Å²) >= 11 is 0. The van der Waals surface area contributed by atoms with Crippen LogP contribution in [0.4, 0.5) is 5.69 Å². The van der Waals surface area contributed by atoms with Crippen molar-refractivity contribution >= 4 is 11.6 Å². The van der Waals surface area contributed by atoms with Gasteiger partial charge in [0.05, 0.1) is 13.2 Å². The Morgan fingerprint density at radius 3 is 2.38 bits per heavy atom. The molecule has 0 radical (unpaired) electrons. The summed E-state index contributed by atoms with van der Waals surface area (Å²) in [4.78, 5) is 12.2. The second-order valence-electron chi connectivity index (χ2n) is 4.88. The fraction of sp³-hybridized carbons (Fsp3) is 0.235. The molecule has 0 unspecified atom stereocenters. The van der Waals surface area contributed by atoms with E-state index < -0.39 is 0 Å². The van der Waals surface area contributed by atoms with E-state index in [1.165, 1.54) is 0 Å². The topological polar surface area (TPSA) is 47.6 Å². The fourth-order valence-corrected chi connectivity index (χ4v) is 1.86. The Hall–Kier alpha value is -2.49. The van der Waals surface area contributed by atoms with Crippen LogP contribution in [0.5, 0.6) is 11.5 Å². The van der Waals surface area contributed by atoms with Crippen molar-refractivity contribution in [2.75, 3.05) is 12.4 Å². The zero-order valence-electron chi connectivity index (χ0n) is 12.4. The molecule has 2 aromatic rings. The summed E-state index contributed by atoms with van der Waals surface area (Å²) in [5, 5.41) is 2.83. The third-order valence-corrected chi connectivity index (χ3v) is 2.82. The number of anilines is 1. The Balaban J connectivity index is 2.05. The van der Waals surface area contributed by atoms with E-state index in [0.717, 1.165) is 5.75 Å². The molecule has 0 spiro atoms. The van der Waals surface area contributed by atoms with Crippen LogP contribution >= 0.6 is 0 Å². The van der Waals surface area contributed by atoms with Crippen LogP contribution in [0.2, 0.25) is 0 Å². The number of rotatable bonds is 5. The van der Waals surface area contributed by atoms with Gasteiger partial charge >= 0.3 is 0 Å². The van der Waals surface area contributed by atoms with Crippen molar-refractivity contribution in [3.05, 3.63) is 54.1 Å². The highest BCUT2D eigenvalue weighted by atomic mass is 16.5. The maximum absolute atomic E-state index is 12.2. The van der Waals surface area contributed by atoms with Gasteiger partial charge in [-0.05, 0) is 50.2 Å². The molecule has 0 saturated carbocycles. The normalized spacial score (nSPS) is 10.3. The van der Waals surface area contributed by atoms with Gasteiger partial charge in [-0.15, -0.1) is 0 Å². The summed E-state index contributed by atoms with van der Waals surface area (Å²) in [5.41, 5.74) is 1.27. The fourth-order valence-electron chi connectivity index (χ4n) is 1.86. The number of hydrogen-bond donors (Lipinski definition) is 1. The van der Waals surface area contributed by atoms with Crippen molar-refractivity contribution in [2.45, 2.75) is 20.0 Å². The van der Waals surface area contributed by atoms with Crippen LogP contribution in [0.25, 0.3) is 0 Å². The molecule has 0 bridgehead atoms. The molecule has 0 atom stereocenters. The third-order valence-electron chi connectivity index (χ3n) is 2.82. The van der Waals surface area contributed by atoms with E-state index in [-0.39, 0.29) is 12.0 Å². The van der Waals surface area contributed by atoms with Crippen molar-refractivity contribution in [1.29, 1.82) is 0 Å². The molecule has 0 saturated heterocycles. The first-order chi connectivity index (χ1) is 10.1. The van der Waals surface area contributed by atoms with Gasteiger partial charge in [0.25, 0.3) is 5.91 Å². The summed E-state index contributed by atoms with van der Waals surface area (Å²) in [5.74, 6) is 1.29. The van der Waals surface area contributed by atoms with Crippen LogP contribution in [0.3, 0.4) is 0 Å². The molecule has 4 nitrogen and oxygen atoms in total. The van der Waals surface area contributed by atoms with Crippen LogP contribution in [0.1, 0.15) is 24.2 Å². The molecule has 1 N–H and O–H groups in total. The Labute approximate surface area is 124 Å². The zero-order valence-corrected chi connectivity index (χ0v) is 12.4. The van der Waals surface area contributed by atoms with E-state index in [9.17, 15) is 4.79 Å². The van der Waals surface area contributed by atoms with Gasteiger partial charge in [0, 0.05) is 17.3 Å². The molecule has 1 amide bonds. The Kier molecular flexibility index (Phi) is 4.82. The van der Waals surface area contributed by atoms with E-state index in [1.54, 1.807) is 37.4 Å². The Bertz CT molecular complexity index is 606. The minimum Gasteiger partial charge on any atom is -0.497 e. The van der Waals surface area contributed by atoms with Crippen molar-refractivity contribution in [3.63, 3.8) is 0 Å². The summed E-state index contributed by atoms with van der Waals surface area (Å²) in [6.07, 6.45) is 0.112. The quantitative estimate of drug-likeness (QED) is 0.910. The number of ether oxygens (including phenoxy) is 2. The van der Waals surface area contributed by atoms with Gasteiger partial charge in [-0.1, -0.05) is 6.07 Å². The molecule has 0 heterocycles. The molecule has 110 valence electrons. The molecule has 0 aliphatic heterocycles. The molecule has 21 heavy (non-hydrogen) atoms. The van der Waals surface area contributed by atoms with Gasteiger partial charge in [-0.3, -0.25) is 4.79 Å².